The Labute approximate surface area is 118 Å². The fourth-order valence-electron chi connectivity index (χ4n) is 2.60. The van der Waals surface area contributed by atoms with Crippen molar-refractivity contribution < 1.29 is 19.8 Å². The van der Waals surface area contributed by atoms with Gasteiger partial charge in [0.05, 0.1) is 18.4 Å². The molecule has 110 valence electrons. The maximum Gasteiger partial charge on any atom is 0.307 e. The first kappa shape index (κ1) is 16.3. The van der Waals surface area contributed by atoms with Crippen molar-refractivity contribution in [2.24, 2.45) is 11.8 Å². The van der Waals surface area contributed by atoms with Crippen molar-refractivity contribution in [2.45, 2.75) is 43.9 Å². The summed E-state index contributed by atoms with van der Waals surface area (Å²) in [6.07, 6.45) is 4.87. The Balaban J connectivity index is 2.62. The summed E-state index contributed by atoms with van der Waals surface area (Å²) in [5.41, 5.74) is 0. The number of carboxylic acid groups (broad SMARTS) is 1. The van der Waals surface area contributed by atoms with Gasteiger partial charge in [-0.25, -0.2) is 0 Å². The lowest BCUT2D eigenvalue weighted by Crippen LogP contribution is -2.47. The van der Waals surface area contributed by atoms with Crippen molar-refractivity contribution in [3.63, 3.8) is 0 Å². The lowest BCUT2D eigenvalue weighted by molar-refractivity contribution is -0.149. The standard InChI is InChI=1S/C13H23NO4S/c1-8(11(7-15)19-2)14-12(16)9-5-3-4-6-10(9)13(17)18/h8-11,15H,3-7H2,1-2H3,(H,14,16)(H,17,18). The van der Waals surface area contributed by atoms with E-state index in [-0.39, 0.29) is 23.8 Å². The molecule has 4 atom stereocenters. The second-order valence-corrected chi connectivity index (χ2v) is 6.17. The van der Waals surface area contributed by atoms with Crippen LogP contribution in [0.2, 0.25) is 0 Å². The highest BCUT2D eigenvalue weighted by atomic mass is 32.2. The lowest BCUT2D eigenvalue weighted by Gasteiger charge is -2.30. The molecular weight excluding hydrogens is 266 g/mol. The number of nitrogens with one attached hydrogen (secondary N) is 1. The summed E-state index contributed by atoms with van der Waals surface area (Å²) in [4.78, 5) is 23.4. The molecule has 0 aromatic rings. The second-order valence-electron chi connectivity index (χ2n) is 5.09. The largest absolute Gasteiger partial charge is 0.481 e. The molecule has 4 unspecified atom stereocenters. The summed E-state index contributed by atoms with van der Waals surface area (Å²) in [5.74, 6) is -2.07. The summed E-state index contributed by atoms with van der Waals surface area (Å²) < 4.78 is 0. The molecule has 0 aliphatic heterocycles. The highest BCUT2D eigenvalue weighted by Gasteiger charge is 2.36. The molecule has 6 heteroatoms. The van der Waals surface area contributed by atoms with Crippen LogP contribution in [-0.2, 0) is 9.59 Å². The molecule has 3 N–H and O–H groups in total. The van der Waals surface area contributed by atoms with Gasteiger partial charge >= 0.3 is 5.97 Å². The smallest absolute Gasteiger partial charge is 0.307 e. The average Bonchev–Trinajstić information content (AvgIpc) is 2.40. The molecule has 1 aliphatic rings. The number of hydrogen-bond acceptors (Lipinski definition) is 4. The van der Waals surface area contributed by atoms with Crippen LogP contribution in [0.1, 0.15) is 32.6 Å². The van der Waals surface area contributed by atoms with Crippen molar-refractivity contribution >= 4 is 23.6 Å². The number of aliphatic hydroxyl groups excluding tert-OH is 1. The summed E-state index contributed by atoms with van der Waals surface area (Å²) in [6.45, 7) is 1.84. The number of amides is 1. The van der Waals surface area contributed by atoms with Crippen LogP contribution < -0.4 is 5.32 Å². The minimum atomic E-state index is -0.879. The van der Waals surface area contributed by atoms with Crippen molar-refractivity contribution in [3.05, 3.63) is 0 Å². The first-order valence-corrected chi connectivity index (χ1v) is 7.96. The Hall–Kier alpha value is -0.750. The van der Waals surface area contributed by atoms with Gasteiger partial charge in [0.2, 0.25) is 5.91 Å². The molecule has 0 aromatic carbocycles. The van der Waals surface area contributed by atoms with E-state index in [0.717, 1.165) is 12.8 Å². The van der Waals surface area contributed by atoms with Crippen molar-refractivity contribution in [3.8, 4) is 0 Å². The van der Waals surface area contributed by atoms with Crippen LogP contribution in [0.5, 0.6) is 0 Å². The van der Waals surface area contributed by atoms with E-state index >= 15 is 0 Å². The van der Waals surface area contributed by atoms with Crippen LogP contribution in [0.3, 0.4) is 0 Å². The summed E-state index contributed by atoms with van der Waals surface area (Å²) in [6, 6.07) is -0.163. The first-order chi connectivity index (χ1) is 9.01. The summed E-state index contributed by atoms with van der Waals surface area (Å²) in [5, 5.41) is 21.2. The molecule has 0 radical (unpaired) electrons. The Morgan fingerprint density at radius 2 is 1.89 bits per heavy atom. The minimum Gasteiger partial charge on any atom is -0.481 e. The molecule has 0 spiro atoms. The van der Waals surface area contributed by atoms with Crippen LogP contribution in [0.15, 0.2) is 0 Å². The zero-order chi connectivity index (χ0) is 14.4. The van der Waals surface area contributed by atoms with E-state index in [0.29, 0.717) is 12.8 Å². The Kier molecular flexibility index (Phi) is 6.65. The number of aliphatic hydroxyl groups is 1. The highest BCUT2D eigenvalue weighted by molar-refractivity contribution is 7.99. The van der Waals surface area contributed by atoms with Gasteiger partial charge in [0.15, 0.2) is 0 Å². The van der Waals surface area contributed by atoms with Gasteiger partial charge in [0.1, 0.15) is 0 Å². The molecule has 1 rings (SSSR count). The van der Waals surface area contributed by atoms with Gasteiger partial charge in [-0.05, 0) is 26.0 Å². The number of thioether (sulfide) groups is 1. The highest BCUT2D eigenvalue weighted by Crippen LogP contribution is 2.30. The zero-order valence-corrected chi connectivity index (χ0v) is 12.3. The third kappa shape index (κ3) is 4.38. The van der Waals surface area contributed by atoms with Gasteiger partial charge in [-0.15, -0.1) is 0 Å². The fourth-order valence-corrected chi connectivity index (χ4v) is 3.23. The predicted octanol–water partition coefficient (Wildman–Crippen LogP) is 1.11. The van der Waals surface area contributed by atoms with Gasteiger partial charge in [0.25, 0.3) is 0 Å². The lowest BCUT2D eigenvalue weighted by atomic mass is 9.78. The normalized spacial score (nSPS) is 26.5. The zero-order valence-electron chi connectivity index (χ0n) is 11.5. The second kappa shape index (κ2) is 7.75. The van der Waals surface area contributed by atoms with Gasteiger partial charge in [0, 0.05) is 11.3 Å². The molecule has 1 saturated carbocycles. The van der Waals surface area contributed by atoms with E-state index in [1.54, 1.807) is 0 Å². The van der Waals surface area contributed by atoms with E-state index in [1.165, 1.54) is 11.8 Å². The van der Waals surface area contributed by atoms with Crippen molar-refractivity contribution in [2.75, 3.05) is 12.9 Å². The van der Waals surface area contributed by atoms with E-state index in [1.807, 2.05) is 13.2 Å². The summed E-state index contributed by atoms with van der Waals surface area (Å²) >= 11 is 1.49. The molecule has 1 amide bonds. The van der Waals surface area contributed by atoms with Gasteiger partial charge < -0.3 is 15.5 Å². The van der Waals surface area contributed by atoms with Crippen LogP contribution in [-0.4, -0.2) is 46.2 Å². The molecule has 0 aromatic heterocycles. The Morgan fingerprint density at radius 1 is 1.32 bits per heavy atom. The molecule has 0 saturated heterocycles. The molecule has 0 bridgehead atoms. The molecular formula is C13H23NO4S. The van der Waals surface area contributed by atoms with E-state index < -0.39 is 17.8 Å². The van der Waals surface area contributed by atoms with Crippen LogP contribution in [0.25, 0.3) is 0 Å². The number of rotatable bonds is 6. The van der Waals surface area contributed by atoms with E-state index in [4.69, 9.17) is 5.11 Å². The van der Waals surface area contributed by atoms with Gasteiger partial charge in [-0.1, -0.05) is 12.8 Å². The maximum absolute atomic E-state index is 12.2. The quantitative estimate of drug-likeness (QED) is 0.682. The predicted molar refractivity (Wildman–Crippen MR) is 75.1 cm³/mol. The maximum atomic E-state index is 12.2. The van der Waals surface area contributed by atoms with Crippen LogP contribution in [0.4, 0.5) is 0 Å². The average molecular weight is 289 g/mol. The first-order valence-electron chi connectivity index (χ1n) is 6.68. The van der Waals surface area contributed by atoms with Crippen LogP contribution >= 0.6 is 11.8 Å². The number of carbonyl (C=O) groups excluding carboxylic acids is 1. The summed E-state index contributed by atoms with van der Waals surface area (Å²) in [7, 11) is 0. The monoisotopic (exact) mass is 289 g/mol. The van der Waals surface area contributed by atoms with E-state index in [2.05, 4.69) is 5.32 Å². The number of hydrogen-bond donors (Lipinski definition) is 3. The molecule has 1 fully saturated rings. The third-order valence-electron chi connectivity index (χ3n) is 3.83. The van der Waals surface area contributed by atoms with E-state index in [9.17, 15) is 14.7 Å². The van der Waals surface area contributed by atoms with Crippen molar-refractivity contribution in [1.29, 1.82) is 0 Å². The fraction of sp³-hybridized carbons (Fsp3) is 0.846. The minimum absolute atomic E-state index is 0.00433. The SMILES string of the molecule is CSC(CO)C(C)NC(=O)C1CCCCC1C(=O)O. The van der Waals surface area contributed by atoms with Crippen LogP contribution in [0, 0.1) is 11.8 Å². The van der Waals surface area contributed by atoms with Crippen molar-refractivity contribution in [1.82, 2.24) is 5.32 Å². The van der Waals surface area contributed by atoms with Gasteiger partial charge in [-0.3, -0.25) is 9.59 Å². The number of aliphatic carboxylic acids is 1. The molecule has 1 aliphatic carbocycles. The third-order valence-corrected chi connectivity index (χ3v) is 4.99. The Morgan fingerprint density at radius 3 is 2.37 bits per heavy atom. The molecule has 19 heavy (non-hydrogen) atoms. The Bertz CT molecular complexity index is 320. The number of carbonyl (C=O) groups is 2. The number of carboxylic acids is 1. The molecule has 0 heterocycles. The molecule has 5 nitrogen and oxygen atoms in total. The van der Waals surface area contributed by atoms with Gasteiger partial charge in [-0.2, -0.15) is 11.8 Å². The topological polar surface area (TPSA) is 86.6 Å².